The Bertz CT molecular complexity index is 1450. The maximum atomic E-state index is 14.1. The SMILES string of the molecule is COc1ccc(C)c2sc(N(Cc3ccccc3)C(=O)C3CCCN3S(=O)(=O)c3cccs3)nc12. The highest BCUT2D eigenvalue weighted by molar-refractivity contribution is 7.91. The van der Waals surface area contributed by atoms with Crippen LogP contribution in [0, 0.1) is 6.92 Å². The molecule has 1 atom stereocenters. The topological polar surface area (TPSA) is 79.8 Å². The van der Waals surface area contributed by atoms with E-state index in [1.807, 2.05) is 49.4 Å². The van der Waals surface area contributed by atoms with Crippen LogP contribution < -0.4 is 9.64 Å². The highest BCUT2D eigenvalue weighted by atomic mass is 32.2. The zero-order chi connectivity index (χ0) is 24.6. The quantitative estimate of drug-likeness (QED) is 0.336. The van der Waals surface area contributed by atoms with Crippen molar-refractivity contribution in [2.75, 3.05) is 18.6 Å². The molecule has 0 saturated carbocycles. The molecule has 0 bridgehead atoms. The molecule has 0 radical (unpaired) electrons. The first-order valence-corrected chi connectivity index (χ1v) is 14.4. The molecule has 0 spiro atoms. The molecule has 4 aromatic rings. The summed E-state index contributed by atoms with van der Waals surface area (Å²) in [6.45, 7) is 2.62. The fourth-order valence-corrected chi connectivity index (χ4v) is 8.19. The molecule has 0 N–H and O–H groups in total. The van der Waals surface area contributed by atoms with Gasteiger partial charge in [-0.05, 0) is 48.4 Å². The summed E-state index contributed by atoms with van der Waals surface area (Å²) in [6, 6.07) is 16.0. The van der Waals surface area contributed by atoms with Gasteiger partial charge in [-0.1, -0.05) is 53.8 Å². The number of benzene rings is 2. The average molecular weight is 528 g/mol. The lowest BCUT2D eigenvalue weighted by Gasteiger charge is -2.28. The number of thiophene rings is 1. The molecule has 35 heavy (non-hydrogen) atoms. The summed E-state index contributed by atoms with van der Waals surface area (Å²) in [6.07, 6.45) is 1.11. The van der Waals surface area contributed by atoms with Crippen LogP contribution in [0.5, 0.6) is 5.75 Å². The molecule has 10 heteroatoms. The van der Waals surface area contributed by atoms with Gasteiger partial charge in [-0.15, -0.1) is 11.3 Å². The van der Waals surface area contributed by atoms with E-state index in [-0.39, 0.29) is 10.1 Å². The molecule has 1 aliphatic rings. The van der Waals surface area contributed by atoms with Crippen molar-refractivity contribution in [3.63, 3.8) is 0 Å². The number of amides is 1. The lowest BCUT2D eigenvalue weighted by atomic mass is 10.1. The van der Waals surface area contributed by atoms with Crippen molar-refractivity contribution in [1.29, 1.82) is 0 Å². The van der Waals surface area contributed by atoms with E-state index >= 15 is 0 Å². The predicted molar refractivity (Wildman–Crippen MR) is 140 cm³/mol. The van der Waals surface area contributed by atoms with Gasteiger partial charge in [-0.2, -0.15) is 4.31 Å². The molecular weight excluding hydrogens is 502 g/mol. The highest BCUT2D eigenvalue weighted by Crippen LogP contribution is 2.38. The Kier molecular flexibility index (Phi) is 6.63. The average Bonchev–Trinajstić information content (AvgIpc) is 3.64. The molecule has 5 rings (SSSR count). The molecule has 7 nitrogen and oxygen atoms in total. The molecule has 1 aliphatic heterocycles. The van der Waals surface area contributed by atoms with E-state index in [0.29, 0.717) is 42.3 Å². The minimum Gasteiger partial charge on any atom is -0.494 e. The number of sulfonamides is 1. The van der Waals surface area contributed by atoms with Gasteiger partial charge in [0.1, 0.15) is 21.5 Å². The molecule has 1 unspecified atom stereocenters. The van der Waals surface area contributed by atoms with Crippen molar-refractivity contribution in [3.05, 3.63) is 71.1 Å². The van der Waals surface area contributed by atoms with E-state index in [9.17, 15) is 13.2 Å². The van der Waals surface area contributed by atoms with Gasteiger partial charge in [-0.25, -0.2) is 13.4 Å². The number of fused-ring (bicyclic) bond motifs is 1. The van der Waals surface area contributed by atoms with E-state index in [0.717, 1.165) is 15.8 Å². The Balaban J connectivity index is 1.57. The van der Waals surface area contributed by atoms with Gasteiger partial charge >= 0.3 is 0 Å². The Hall–Kier alpha value is -2.79. The largest absolute Gasteiger partial charge is 0.494 e. The zero-order valence-corrected chi connectivity index (χ0v) is 21.8. The van der Waals surface area contributed by atoms with E-state index < -0.39 is 16.1 Å². The number of methoxy groups -OCH3 is 1. The first-order valence-electron chi connectivity index (χ1n) is 11.2. The number of rotatable bonds is 7. The van der Waals surface area contributed by atoms with Crippen LogP contribution in [0.25, 0.3) is 10.2 Å². The van der Waals surface area contributed by atoms with Crippen LogP contribution in [0.2, 0.25) is 0 Å². The minimum atomic E-state index is -3.75. The van der Waals surface area contributed by atoms with Gasteiger partial charge < -0.3 is 4.74 Å². The molecular formula is C25H25N3O4S3. The summed E-state index contributed by atoms with van der Waals surface area (Å²) in [5.41, 5.74) is 2.68. The normalized spacial score (nSPS) is 16.6. The van der Waals surface area contributed by atoms with Gasteiger partial charge in [0.2, 0.25) is 5.91 Å². The summed E-state index contributed by atoms with van der Waals surface area (Å²) < 4.78 is 34.7. The number of carbonyl (C=O) groups is 1. The maximum Gasteiger partial charge on any atom is 0.253 e. The van der Waals surface area contributed by atoms with Crippen molar-refractivity contribution < 1.29 is 17.9 Å². The van der Waals surface area contributed by atoms with Crippen LogP contribution in [0.4, 0.5) is 5.13 Å². The molecule has 182 valence electrons. The zero-order valence-electron chi connectivity index (χ0n) is 19.4. The van der Waals surface area contributed by atoms with Crippen molar-refractivity contribution in [3.8, 4) is 5.75 Å². The Morgan fingerprint density at radius 2 is 1.97 bits per heavy atom. The number of hydrogen-bond acceptors (Lipinski definition) is 7. The smallest absolute Gasteiger partial charge is 0.253 e. The molecule has 3 heterocycles. The molecule has 1 saturated heterocycles. The van der Waals surface area contributed by atoms with Crippen molar-refractivity contribution in [2.45, 2.75) is 36.6 Å². The monoisotopic (exact) mass is 527 g/mol. The number of aromatic nitrogens is 1. The van der Waals surface area contributed by atoms with Crippen LogP contribution in [-0.2, 0) is 21.4 Å². The first-order chi connectivity index (χ1) is 16.9. The van der Waals surface area contributed by atoms with Crippen molar-refractivity contribution >= 4 is 54.0 Å². The summed E-state index contributed by atoms with van der Waals surface area (Å²) in [5.74, 6) is 0.380. The maximum absolute atomic E-state index is 14.1. The van der Waals surface area contributed by atoms with Gasteiger partial charge in [0.05, 0.1) is 18.4 Å². The Morgan fingerprint density at radius 3 is 2.69 bits per heavy atom. The van der Waals surface area contributed by atoms with Crippen LogP contribution >= 0.6 is 22.7 Å². The number of nitrogens with zero attached hydrogens (tertiary/aromatic N) is 3. The molecule has 2 aromatic carbocycles. The van der Waals surface area contributed by atoms with E-state index in [1.54, 1.807) is 29.5 Å². The minimum absolute atomic E-state index is 0.257. The van der Waals surface area contributed by atoms with Crippen LogP contribution in [0.3, 0.4) is 0 Å². The third-order valence-corrected chi connectivity index (χ3v) is 10.6. The second kappa shape index (κ2) is 9.69. The number of carbonyl (C=O) groups excluding carboxylic acids is 1. The predicted octanol–water partition coefficient (Wildman–Crippen LogP) is 5.06. The number of anilines is 1. The number of ether oxygens (including phenoxy) is 1. The third kappa shape index (κ3) is 4.47. The number of aryl methyl sites for hydroxylation is 1. The van der Waals surface area contributed by atoms with Gasteiger partial charge in [0, 0.05) is 6.54 Å². The van der Waals surface area contributed by atoms with Crippen molar-refractivity contribution in [2.24, 2.45) is 0 Å². The standard InChI is InChI=1S/C25H25N3O4S3/c1-17-12-13-20(32-2)22-23(17)34-25(26-22)27(16-18-8-4-3-5-9-18)24(29)19-10-6-14-28(19)35(30,31)21-11-7-15-33-21/h3-5,7-9,11-13,15,19H,6,10,14,16H2,1-2H3. The van der Waals surface area contributed by atoms with Crippen LogP contribution in [-0.4, -0.2) is 43.3 Å². The summed E-state index contributed by atoms with van der Waals surface area (Å²) >= 11 is 2.59. The van der Waals surface area contributed by atoms with Gasteiger partial charge in [-0.3, -0.25) is 9.69 Å². The fourth-order valence-electron chi connectivity index (χ4n) is 4.36. The molecule has 0 aliphatic carbocycles. The molecule has 1 amide bonds. The van der Waals surface area contributed by atoms with Crippen LogP contribution in [0.1, 0.15) is 24.0 Å². The molecule has 2 aromatic heterocycles. The second-order valence-corrected chi connectivity index (χ2v) is 12.4. The number of hydrogen-bond donors (Lipinski definition) is 0. The van der Waals surface area contributed by atoms with Gasteiger partial charge in [0.15, 0.2) is 5.13 Å². The molecule has 1 fully saturated rings. The summed E-state index contributed by atoms with van der Waals surface area (Å²) in [4.78, 5) is 20.5. The summed E-state index contributed by atoms with van der Waals surface area (Å²) in [5, 5.41) is 2.26. The number of thiazole rings is 1. The second-order valence-electron chi connectivity index (χ2n) is 8.37. The van der Waals surface area contributed by atoms with E-state index in [2.05, 4.69) is 0 Å². The van der Waals surface area contributed by atoms with E-state index in [1.165, 1.54) is 27.0 Å². The lowest BCUT2D eigenvalue weighted by molar-refractivity contribution is -0.121. The Morgan fingerprint density at radius 1 is 1.17 bits per heavy atom. The van der Waals surface area contributed by atoms with Gasteiger partial charge in [0.25, 0.3) is 10.0 Å². The third-order valence-electron chi connectivity index (χ3n) is 6.14. The highest BCUT2D eigenvalue weighted by Gasteiger charge is 2.42. The lowest BCUT2D eigenvalue weighted by Crippen LogP contribution is -2.47. The Labute approximate surface area is 212 Å². The summed E-state index contributed by atoms with van der Waals surface area (Å²) in [7, 11) is -2.15. The van der Waals surface area contributed by atoms with Crippen molar-refractivity contribution in [1.82, 2.24) is 9.29 Å². The fraction of sp³-hybridized carbons (Fsp3) is 0.280. The van der Waals surface area contributed by atoms with E-state index in [4.69, 9.17) is 9.72 Å². The first kappa shape index (κ1) is 23.9. The van der Waals surface area contributed by atoms with Crippen LogP contribution in [0.15, 0.2) is 64.2 Å².